The molecule has 1 rings (SSSR count). The Labute approximate surface area is 128 Å². The molecule has 0 aliphatic heterocycles. The van der Waals surface area contributed by atoms with Gasteiger partial charge < -0.3 is 9.84 Å². The minimum atomic E-state index is -4.06. The number of rotatable bonds is 8. The largest absolute Gasteiger partial charge is 0.480 e. The van der Waals surface area contributed by atoms with Crippen LogP contribution in [-0.2, 0) is 24.5 Å². The van der Waals surface area contributed by atoms with Crippen molar-refractivity contribution in [2.45, 2.75) is 12.5 Å². The second kappa shape index (κ2) is 7.87. The van der Waals surface area contributed by atoms with E-state index in [-0.39, 0.29) is 13.0 Å². The van der Waals surface area contributed by atoms with Crippen molar-refractivity contribution in [1.82, 2.24) is 9.03 Å². The van der Waals surface area contributed by atoms with Crippen LogP contribution in [-0.4, -0.2) is 50.5 Å². The summed E-state index contributed by atoms with van der Waals surface area (Å²) in [5.74, 6) is -1.88. The standard InChI is InChI=1S/C13H18N2O6S/c1-15(9-8-11(16)21-2)22(19,20)14-12(13(17)18)10-6-4-3-5-7-10/h3-7,12,14H,8-9H2,1-2H3,(H,17,18)/t12-/m0/s1. The van der Waals surface area contributed by atoms with Crippen LogP contribution in [0.25, 0.3) is 0 Å². The third kappa shape index (κ3) is 5.10. The highest BCUT2D eigenvalue weighted by Crippen LogP contribution is 2.15. The number of hydrogen-bond acceptors (Lipinski definition) is 5. The highest BCUT2D eigenvalue weighted by molar-refractivity contribution is 7.87. The molecule has 0 spiro atoms. The SMILES string of the molecule is COC(=O)CCN(C)S(=O)(=O)N[C@H](C(=O)O)c1ccccc1. The molecule has 0 aromatic heterocycles. The van der Waals surface area contributed by atoms with Gasteiger partial charge in [-0.15, -0.1) is 0 Å². The molecule has 1 aromatic rings. The zero-order valence-electron chi connectivity index (χ0n) is 12.2. The summed E-state index contributed by atoms with van der Waals surface area (Å²) in [4.78, 5) is 22.3. The lowest BCUT2D eigenvalue weighted by atomic mass is 10.1. The molecular weight excluding hydrogens is 312 g/mol. The average Bonchev–Trinajstić information content (AvgIpc) is 2.50. The molecule has 0 saturated carbocycles. The van der Waals surface area contributed by atoms with E-state index >= 15 is 0 Å². The third-order valence-electron chi connectivity index (χ3n) is 2.92. The molecule has 0 unspecified atom stereocenters. The number of carbonyl (C=O) groups is 2. The summed E-state index contributed by atoms with van der Waals surface area (Å²) in [6.07, 6.45) is -0.128. The van der Waals surface area contributed by atoms with Gasteiger partial charge in [-0.2, -0.15) is 17.4 Å². The van der Waals surface area contributed by atoms with Crippen LogP contribution in [0.15, 0.2) is 30.3 Å². The number of aliphatic carboxylic acids is 1. The number of methoxy groups -OCH3 is 1. The maximum absolute atomic E-state index is 12.1. The molecule has 8 nitrogen and oxygen atoms in total. The summed E-state index contributed by atoms with van der Waals surface area (Å²) in [6.45, 7) is -0.122. The van der Waals surface area contributed by atoms with E-state index in [9.17, 15) is 23.1 Å². The van der Waals surface area contributed by atoms with Gasteiger partial charge in [-0.05, 0) is 5.56 Å². The van der Waals surface area contributed by atoms with Gasteiger partial charge in [-0.1, -0.05) is 30.3 Å². The molecule has 0 heterocycles. The average molecular weight is 330 g/mol. The molecule has 0 radical (unpaired) electrons. The first-order chi connectivity index (χ1) is 10.3. The van der Waals surface area contributed by atoms with Gasteiger partial charge in [0.2, 0.25) is 0 Å². The van der Waals surface area contributed by atoms with Gasteiger partial charge in [-0.25, -0.2) is 0 Å². The summed E-state index contributed by atoms with van der Waals surface area (Å²) in [6, 6.07) is 6.53. The van der Waals surface area contributed by atoms with Crippen molar-refractivity contribution in [3.05, 3.63) is 35.9 Å². The number of carboxylic acid groups (broad SMARTS) is 1. The minimum Gasteiger partial charge on any atom is -0.480 e. The molecule has 22 heavy (non-hydrogen) atoms. The monoisotopic (exact) mass is 330 g/mol. The topological polar surface area (TPSA) is 113 Å². The van der Waals surface area contributed by atoms with E-state index in [1.807, 2.05) is 0 Å². The van der Waals surface area contributed by atoms with Gasteiger partial charge in [0.05, 0.1) is 13.5 Å². The summed E-state index contributed by atoms with van der Waals surface area (Å²) < 4.78 is 31.6. The fraction of sp³-hybridized carbons (Fsp3) is 0.385. The van der Waals surface area contributed by atoms with Crippen LogP contribution in [0.3, 0.4) is 0 Å². The van der Waals surface area contributed by atoms with Gasteiger partial charge >= 0.3 is 11.9 Å². The fourth-order valence-electron chi connectivity index (χ4n) is 1.62. The lowest BCUT2D eigenvalue weighted by Crippen LogP contribution is -2.43. The van der Waals surface area contributed by atoms with Crippen LogP contribution in [0.1, 0.15) is 18.0 Å². The van der Waals surface area contributed by atoms with Crippen LogP contribution >= 0.6 is 0 Å². The molecule has 0 aliphatic carbocycles. The lowest BCUT2D eigenvalue weighted by Gasteiger charge is -2.21. The van der Waals surface area contributed by atoms with Crippen LogP contribution in [0.4, 0.5) is 0 Å². The lowest BCUT2D eigenvalue weighted by molar-refractivity contribution is -0.141. The second-order valence-electron chi connectivity index (χ2n) is 4.45. The number of carboxylic acids is 1. The van der Waals surface area contributed by atoms with Crippen LogP contribution in [0.2, 0.25) is 0 Å². The van der Waals surface area contributed by atoms with E-state index in [1.165, 1.54) is 26.3 Å². The Balaban J connectivity index is 2.83. The molecule has 1 aromatic carbocycles. The fourth-order valence-corrected chi connectivity index (χ4v) is 2.66. The van der Waals surface area contributed by atoms with E-state index in [0.29, 0.717) is 5.56 Å². The normalized spacial score (nSPS) is 12.9. The Hall–Kier alpha value is -1.97. The molecule has 0 amide bonds. The molecule has 0 bridgehead atoms. The number of benzene rings is 1. The van der Waals surface area contributed by atoms with Gasteiger partial charge in [0.1, 0.15) is 6.04 Å². The number of nitrogens with zero attached hydrogens (tertiary/aromatic N) is 1. The number of esters is 1. The van der Waals surface area contributed by atoms with E-state index < -0.39 is 28.2 Å². The molecule has 0 saturated heterocycles. The summed E-state index contributed by atoms with van der Waals surface area (Å²) in [5.41, 5.74) is 0.306. The smallest absolute Gasteiger partial charge is 0.326 e. The number of nitrogens with one attached hydrogen (secondary N) is 1. The van der Waals surface area contributed by atoms with Crippen molar-refractivity contribution < 1.29 is 27.9 Å². The van der Waals surface area contributed by atoms with E-state index in [4.69, 9.17) is 0 Å². The number of ether oxygens (including phenoxy) is 1. The van der Waals surface area contributed by atoms with Crippen molar-refractivity contribution in [1.29, 1.82) is 0 Å². The van der Waals surface area contributed by atoms with Crippen molar-refractivity contribution in [3.63, 3.8) is 0 Å². The third-order valence-corrected chi connectivity index (χ3v) is 4.45. The van der Waals surface area contributed by atoms with Crippen molar-refractivity contribution in [2.75, 3.05) is 20.7 Å². The molecule has 0 fully saturated rings. The summed E-state index contributed by atoms with van der Waals surface area (Å²) in [7, 11) is -1.62. The highest BCUT2D eigenvalue weighted by Gasteiger charge is 2.28. The first-order valence-electron chi connectivity index (χ1n) is 6.36. The predicted octanol–water partition coefficient (Wildman–Crippen LogP) is 0.142. The van der Waals surface area contributed by atoms with Crippen molar-refractivity contribution in [2.24, 2.45) is 0 Å². The van der Waals surface area contributed by atoms with Crippen molar-refractivity contribution in [3.8, 4) is 0 Å². The van der Waals surface area contributed by atoms with Gasteiger partial charge in [0, 0.05) is 13.6 Å². The van der Waals surface area contributed by atoms with Crippen molar-refractivity contribution >= 4 is 22.1 Å². The first-order valence-corrected chi connectivity index (χ1v) is 7.80. The van der Waals surface area contributed by atoms with Crippen LogP contribution in [0, 0.1) is 0 Å². The number of hydrogen-bond donors (Lipinski definition) is 2. The van der Waals surface area contributed by atoms with Crippen LogP contribution in [0.5, 0.6) is 0 Å². The second-order valence-corrected chi connectivity index (χ2v) is 6.26. The highest BCUT2D eigenvalue weighted by atomic mass is 32.2. The Morgan fingerprint density at radius 1 is 1.32 bits per heavy atom. The molecule has 1 atom stereocenters. The molecule has 9 heteroatoms. The summed E-state index contributed by atoms with van der Waals surface area (Å²) in [5, 5.41) is 9.21. The molecule has 0 aliphatic rings. The quantitative estimate of drug-likeness (QED) is 0.656. The van der Waals surface area contributed by atoms with Gasteiger partial charge in [0.15, 0.2) is 0 Å². The molecule has 122 valence electrons. The maximum Gasteiger partial charge on any atom is 0.326 e. The number of carbonyl (C=O) groups excluding carboxylic acids is 1. The Morgan fingerprint density at radius 2 is 1.91 bits per heavy atom. The Morgan fingerprint density at radius 3 is 2.41 bits per heavy atom. The summed E-state index contributed by atoms with van der Waals surface area (Å²) >= 11 is 0. The maximum atomic E-state index is 12.1. The zero-order chi connectivity index (χ0) is 16.8. The van der Waals surface area contributed by atoms with E-state index in [1.54, 1.807) is 18.2 Å². The van der Waals surface area contributed by atoms with Gasteiger partial charge in [0.25, 0.3) is 10.2 Å². The predicted molar refractivity (Wildman–Crippen MR) is 78.1 cm³/mol. The minimum absolute atomic E-state index is 0.122. The molecular formula is C13H18N2O6S. The van der Waals surface area contributed by atoms with Gasteiger partial charge in [-0.3, -0.25) is 9.59 Å². The Kier molecular flexibility index (Phi) is 6.47. The van der Waals surface area contributed by atoms with Crippen LogP contribution < -0.4 is 4.72 Å². The van der Waals surface area contributed by atoms with E-state index in [0.717, 1.165) is 4.31 Å². The molecule has 2 N–H and O–H groups in total. The first kappa shape index (κ1) is 18.1. The Bertz CT molecular complexity index is 617. The van der Waals surface area contributed by atoms with E-state index in [2.05, 4.69) is 9.46 Å². The zero-order valence-corrected chi connectivity index (χ0v) is 13.0.